The average molecular weight is 409 g/mol. The van der Waals surface area contributed by atoms with Crippen LogP contribution >= 0.6 is 11.6 Å². The van der Waals surface area contributed by atoms with Crippen LogP contribution in [0.2, 0.25) is 5.02 Å². The number of alkyl halides is 3. The zero-order valence-electron chi connectivity index (χ0n) is 13.0. The molecule has 1 aliphatic rings. The van der Waals surface area contributed by atoms with Crippen molar-refractivity contribution in [2.75, 3.05) is 13.1 Å². The lowest BCUT2D eigenvalue weighted by Gasteiger charge is -2.37. The Balaban J connectivity index is 1.60. The maximum Gasteiger partial charge on any atom is 0.573 e. The van der Waals surface area contributed by atoms with E-state index in [9.17, 15) is 21.6 Å². The number of hydrogen-bond donors (Lipinski definition) is 0. The number of sulfonamides is 1. The van der Waals surface area contributed by atoms with Crippen molar-refractivity contribution in [2.24, 2.45) is 0 Å². The Morgan fingerprint density at radius 1 is 1.12 bits per heavy atom. The van der Waals surface area contributed by atoms with Gasteiger partial charge in [-0.1, -0.05) is 11.6 Å². The molecule has 1 aromatic carbocycles. The Kier molecular flexibility index (Phi) is 5.00. The summed E-state index contributed by atoms with van der Waals surface area (Å²) in [6, 6.07) is 7.19. The van der Waals surface area contributed by atoms with Gasteiger partial charge in [-0.25, -0.2) is 13.4 Å². The molecule has 26 heavy (non-hydrogen) atoms. The van der Waals surface area contributed by atoms with Crippen LogP contribution in [0.1, 0.15) is 0 Å². The van der Waals surface area contributed by atoms with Crippen LogP contribution in [0.15, 0.2) is 47.5 Å². The Labute approximate surface area is 152 Å². The zero-order chi connectivity index (χ0) is 18.9. The van der Waals surface area contributed by atoms with Crippen LogP contribution in [0.3, 0.4) is 0 Å². The molecule has 0 amide bonds. The van der Waals surface area contributed by atoms with Gasteiger partial charge in [0.2, 0.25) is 15.9 Å². The molecule has 0 spiro atoms. The molecule has 1 aromatic heterocycles. The molecule has 0 aliphatic carbocycles. The summed E-state index contributed by atoms with van der Waals surface area (Å²) in [5.41, 5.74) is 0. The predicted molar refractivity (Wildman–Crippen MR) is 85.5 cm³/mol. The standard InChI is InChI=1S/C15H12ClF3N2O4S/c16-10-1-6-14(20-7-10)24-12-8-21(9-12)26(22,23)13-4-2-11(3-5-13)25-15(17,18)19/h1-7,12H,8-9H2. The molecular formula is C15H12ClF3N2O4S. The molecular weight excluding hydrogens is 397 g/mol. The fraction of sp³-hybridized carbons (Fsp3) is 0.267. The van der Waals surface area contributed by atoms with E-state index in [4.69, 9.17) is 16.3 Å². The van der Waals surface area contributed by atoms with Crippen molar-refractivity contribution in [2.45, 2.75) is 17.4 Å². The third-order valence-electron chi connectivity index (χ3n) is 3.50. The van der Waals surface area contributed by atoms with Gasteiger partial charge in [0.15, 0.2) is 0 Å². The van der Waals surface area contributed by atoms with Crippen molar-refractivity contribution in [3.8, 4) is 11.6 Å². The predicted octanol–water partition coefficient (Wildman–Crippen LogP) is 3.09. The minimum Gasteiger partial charge on any atom is -0.472 e. The van der Waals surface area contributed by atoms with Crippen LogP contribution in [0.4, 0.5) is 13.2 Å². The monoisotopic (exact) mass is 408 g/mol. The number of nitrogens with zero attached hydrogens (tertiary/aromatic N) is 2. The Morgan fingerprint density at radius 3 is 2.31 bits per heavy atom. The Bertz CT molecular complexity index is 867. The highest BCUT2D eigenvalue weighted by Gasteiger charge is 2.38. The van der Waals surface area contributed by atoms with Gasteiger partial charge in [-0.15, -0.1) is 13.2 Å². The summed E-state index contributed by atoms with van der Waals surface area (Å²) in [6.07, 6.45) is -3.79. The third kappa shape index (κ3) is 4.37. The van der Waals surface area contributed by atoms with E-state index in [2.05, 4.69) is 9.72 Å². The molecule has 0 radical (unpaired) electrons. The van der Waals surface area contributed by atoms with Crippen LogP contribution in [-0.2, 0) is 10.0 Å². The molecule has 0 N–H and O–H groups in total. The van der Waals surface area contributed by atoms with Crippen LogP contribution in [0.5, 0.6) is 11.6 Å². The van der Waals surface area contributed by atoms with Gasteiger partial charge in [-0.05, 0) is 30.3 Å². The van der Waals surface area contributed by atoms with Crippen LogP contribution < -0.4 is 9.47 Å². The number of benzene rings is 1. The van der Waals surface area contributed by atoms with E-state index in [1.54, 1.807) is 12.1 Å². The largest absolute Gasteiger partial charge is 0.573 e. The fourth-order valence-electron chi connectivity index (χ4n) is 2.24. The Hall–Kier alpha value is -2.04. The number of ether oxygens (including phenoxy) is 2. The van der Waals surface area contributed by atoms with E-state index in [0.717, 1.165) is 28.6 Å². The summed E-state index contributed by atoms with van der Waals surface area (Å²) in [5, 5.41) is 0.452. The number of rotatable bonds is 5. The second kappa shape index (κ2) is 6.93. The van der Waals surface area contributed by atoms with E-state index in [1.165, 1.54) is 6.20 Å². The zero-order valence-corrected chi connectivity index (χ0v) is 14.6. The maximum absolute atomic E-state index is 12.4. The van der Waals surface area contributed by atoms with Crippen LogP contribution in [-0.4, -0.2) is 43.3 Å². The molecule has 0 unspecified atom stereocenters. The van der Waals surface area contributed by atoms with Crippen molar-refractivity contribution >= 4 is 21.6 Å². The van der Waals surface area contributed by atoms with E-state index < -0.39 is 22.1 Å². The van der Waals surface area contributed by atoms with Gasteiger partial charge in [-0.2, -0.15) is 4.31 Å². The maximum atomic E-state index is 12.4. The van der Waals surface area contributed by atoms with E-state index in [0.29, 0.717) is 10.9 Å². The summed E-state index contributed by atoms with van der Waals surface area (Å²) in [7, 11) is -3.82. The first-order valence-corrected chi connectivity index (χ1v) is 9.09. The highest BCUT2D eigenvalue weighted by atomic mass is 35.5. The normalized spacial score (nSPS) is 16.2. The molecule has 0 bridgehead atoms. The smallest absolute Gasteiger partial charge is 0.472 e. The SMILES string of the molecule is O=S(=O)(c1ccc(OC(F)(F)F)cc1)N1CC(Oc2ccc(Cl)cn2)C1. The van der Waals surface area contributed by atoms with Gasteiger partial charge >= 0.3 is 6.36 Å². The van der Waals surface area contributed by atoms with Gasteiger partial charge in [0.25, 0.3) is 0 Å². The van der Waals surface area contributed by atoms with E-state index >= 15 is 0 Å². The lowest BCUT2D eigenvalue weighted by molar-refractivity contribution is -0.274. The van der Waals surface area contributed by atoms with E-state index in [-0.39, 0.29) is 24.1 Å². The van der Waals surface area contributed by atoms with Gasteiger partial charge in [0, 0.05) is 12.3 Å². The van der Waals surface area contributed by atoms with Crippen LogP contribution in [0, 0.1) is 0 Å². The van der Waals surface area contributed by atoms with Crippen molar-refractivity contribution in [3.63, 3.8) is 0 Å². The fourth-order valence-corrected chi connectivity index (χ4v) is 3.85. The summed E-state index contributed by atoms with van der Waals surface area (Å²) in [6.45, 7) is 0.209. The highest BCUT2D eigenvalue weighted by Crippen LogP contribution is 2.27. The molecule has 1 aliphatic heterocycles. The van der Waals surface area contributed by atoms with Crippen molar-refractivity contribution in [3.05, 3.63) is 47.6 Å². The van der Waals surface area contributed by atoms with Gasteiger partial charge < -0.3 is 9.47 Å². The lowest BCUT2D eigenvalue weighted by Crippen LogP contribution is -2.56. The lowest BCUT2D eigenvalue weighted by atomic mass is 10.2. The molecule has 0 saturated carbocycles. The van der Waals surface area contributed by atoms with E-state index in [1.807, 2.05) is 0 Å². The molecule has 3 rings (SSSR count). The van der Waals surface area contributed by atoms with Crippen LogP contribution in [0.25, 0.3) is 0 Å². The number of aromatic nitrogens is 1. The van der Waals surface area contributed by atoms with Crippen molar-refractivity contribution in [1.29, 1.82) is 0 Å². The first-order valence-electron chi connectivity index (χ1n) is 7.28. The van der Waals surface area contributed by atoms with Gasteiger partial charge in [0.1, 0.15) is 11.9 Å². The number of hydrogen-bond acceptors (Lipinski definition) is 5. The molecule has 2 heterocycles. The van der Waals surface area contributed by atoms with Crippen molar-refractivity contribution < 1.29 is 31.1 Å². The second-order valence-corrected chi connectivity index (χ2v) is 7.77. The molecule has 11 heteroatoms. The molecule has 140 valence electrons. The van der Waals surface area contributed by atoms with Gasteiger partial charge in [-0.3, -0.25) is 0 Å². The minimum atomic E-state index is -4.84. The minimum absolute atomic E-state index is 0.105. The van der Waals surface area contributed by atoms with Crippen molar-refractivity contribution in [1.82, 2.24) is 9.29 Å². The first-order chi connectivity index (χ1) is 12.1. The number of halogens is 4. The molecule has 1 fully saturated rings. The highest BCUT2D eigenvalue weighted by molar-refractivity contribution is 7.89. The summed E-state index contributed by atoms with van der Waals surface area (Å²) >= 11 is 5.72. The summed E-state index contributed by atoms with van der Waals surface area (Å²) < 4.78 is 71.7. The molecule has 1 saturated heterocycles. The second-order valence-electron chi connectivity index (χ2n) is 5.40. The first kappa shape index (κ1) is 18.7. The summed E-state index contributed by atoms with van der Waals surface area (Å²) in [5.74, 6) is -0.166. The average Bonchev–Trinajstić information content (AvgIpc) is 2.51. The topological polar surface area (TPSA) is 68.7 Å². The number of pyridine rings is 1. The quantitative estimate of drug-likeness (QED) is 0.760. The Morgan fingerprint density at radius 2 is 1.77 bits per heavy atom. The van der Waals surface area contributed by atoms with Gasteiger partial charge in [0.05, 0.1) is 23.0 Å². The molecule has 0 atom stereocenters. The molecule has 6 nitrogen and oxygen atoms in total. The third-order valence-corrected chi connectivity index (χ3v) is 5.57. The summed E-state index contributed by atoms with van der Waals surface area (Å²) in [4.78, 5) is 3.83. The molecule has 2 aromatic rings.